The molecule has 1 aliphatic rings. The number of ether oxygens (including phenoxy) is 4. The van der Waals surface area contributed by atoms with Gasteiger partial charge >= 0.3 is 5.97 Å². The van der Waals surface area contributed by atoms with E-state index in [0.29, 0.717) is 36.0 Å². The summed E-state index contributed by atoms with van der Waals surface area (Å²) in [7, 11) is 0. The molecule has 2 aromatic carbocycles. The van der Waals surface area contributed by atoms with Gasteiger partial charge in [0.05, 0.1) is 18.7 Å². The Morgan fingerprint density at radius 1 is 1.11 bits per heavy atom. The van der Waals surface area contributed by atoms with Crippen LogP contribution in [0.2, 0.25) is 0 Å². The summed E-state index contributed by atoms with van der Waals surface area (Å²) >= 11 is 0. The number of hydrogen-bond donors (Lipinski definition) is 1. The second-order valence-electron chi connectivity index (χ2n) is 6.25. The molecule has 0 aromatic heterocycles. The summed E-state index contributed by atoms with van der Waals surface area (Å²) < 4.78 is 21.8. The minimum absolute atomic E-state index is 0.258. The van der Waals surface area contributed by atoms with Crippen molar-refractivity contribution in [3.63, 3.8) is 0 Å². The fourth-order valence-electron chi connectivity index (χ4n) is 2.56. The SMILES string of the molecule is CCCOc1ccc(C(=O)OCC(=O)NCC2COc3ccccc3O2)cc1. The van der Waals surface area contributed by atoms with E-state index in [1.165, 1.54) is 0 Å². The summed E-state index contributed by atoms with van der Waals surface area (Å²) in [6.45, 7) is 2.86. The third-order valence-electron chi connectivity index (χ3n) is 3.99. The minimum atomic E-state index is -0.566. The molecule has 1 N–H and O–H groups in total. The number of esters is 1. The summed E-state index contributed by atoms with van der Waals surface area (Å²) in [5.41, 5.74) is 0.359. The highest BCUT2D eigenvalue weighted by Crippen LogP contribution is 2.30. The van der Waals surface area contributed by atoms with Gasteiger partial charge in [0.15, 0.2) is 18.1 Å². The van der Waals surface area contributed by atoms with Gasteiger partial charge in [0.1, 0.15) is 18.5 Å². The predicted molar refractivity (Wildman–Crippen MR) is 102 cm³/mol. The first-order chi connectivity index (χ1) is 13.7. The topological polar surface area (TPSA) is 83.1 Å². The first-order valence-corrected chi connectivity index (χ1v) is 9.21. The molecule has 0 saturated heterocycles. The van der Waals surface area contributed by atoms with Crippen molar-refractivity contribution in [3.05, 3.63) is 54.1 Å². The molecule has 3 rings (SSSR count). The normalized spacial score (nSPS) is 14.8. The van der Waals surface area contributed by atoms with Crippen LogP contribution in [0.25, 0.3) is 0 Å². The molecular formula is C21H23NO6. The summed E-state index contributed by atoms with van der Waals surface area (Å²) in [6.07, 6.45) is 0.605. The van der Waals surface area contributed by atoms with Crippen LogP contribution in [0.4, 0.5) is 0 Å². The van der Waals surface area contributed by atoms with Crippen LogP contribution in [-0.4, -0.2) is 44.3 Å². The zero-order valence-corrected chi connectivity index (χ0v) is 15.7. The Hall–Kier alpha value is -3.22. The van der Waals surface area contributed by atoms with Gasteiger partial charge in [-0.25, -0.2) is 4.79 Å². The van der Waals surface area contributed by atoms with Crippen LogP contribution in [-0.2, 0) is 9.53 Å². The highest BCUT2D eigenvalue weighted by atomic mass is 16.6. The van der Waals surface area contributed by atoms with Gasteiger partial charge in [-0.2, -0.15) is 0 Å². The van der Waals surface area contributed by atoms with Crippen molar-refractivity contribution in [2.75, 3.05) is 26.4 Å². The molecule has 1 unspecified atom stereocenters. The van der Waals surface area contributed by atoms with Gasteiger partial charge in [-0.1, -0.05) is 19.1 Å². The lowest BCUT2D eigenvalue weighted by Gasteiger charge is -2.26. The lowest BCUT2D eigenvalue weighted by atomic mass is 10.2. The molecule has 0 fully saturated rings. The first-order valence-electron chi connectivity index (χ1n) is 9.21. The van der Waals surface area contributed by atoms with Crippen molar-refractivity contribution >= 4 is 11.9 Å². The third-order valence-corrected chi connectivity index (χ3v) is 3.99. The number of nitrogens with one attached hydrogen (secondary N) is 1. The number of benzene rings is 2. The molecule has 1 atom stereocenters. The van der Waals surface area contributed by atoms with Crippen molar-refractivity contribution in [2.45, 2.75) is 19.4 Å². The van der Waals surface area contributed by atoms with E-state index in [9.17, 15) is 9.59 Å². The monoisotopic (exact) mass is 385 g/mol. The van der Waals surface area contributed by atoms with E-state index in [1.807, 2.05) is 31.2 Å². The maximum atomic E-state index is 12.0. The Balaban J connectivity index is 1.39. The van der Waals surface area contributed by atoms with E-state index in [1.54, 1.807) is 24.3 Å². The van der Waals surface area contributed by atoms with Crippen LogP contribution in [0.5, 0.6) is 17.2 Å². The molecule has 0 radical (unpaired) electrons. The van der Waals surface area contributed by atoms with E-state index < -0.39 is 11.9 Å². The number of amides is 1. The molecule has 28 heavy (non-hydrogen) atoms. The highest BCUT2D eigenvalue weighted by molar-refractivity contribution is 5.91. The molecule has 148 valence electrons. The summed E-state index contributed by atoms with van der Waals surface area (Å²) in [5.74, 6) is 1.05. The van der Waals surface area contributed by atoms with Crippen LogP contribution in [0.3, 0.4) is 0 Å². The molecule has 1 amide bonds. The van der Waals surface area contributed by atoms with Crippen LogP contribution < -0.4 is 19.5 Å². The van der Waals surface area contributed by atoms with Crippen molar-refractivity contribution < 1.29 is 28.5 Å². The number of para-hydroxylation sites is 2. The smallest absolute Gasteiger partial charge is 0.338 e. The maximum absolute atomic E-state index is 12.0. The molecule has 7 nitrogen and oxygen atoms in total. The maximum Gasteiger partial charge on any atom is 0.338 e. The zero-order chi connectivity index (χ0) is 19.8. The Bertz CT molecular complexity index is 805. The van der Waals surface area contributed by atoms with E-state index >= 15 is 0 Å². The molecule has 0 saturated carbocycles. The molecule has 7 heteroatoms. The second-order valence-corrected chi connectivity index (χ2v) is 6.25. The summed E-state index contributed by atoms with van der Waals surface area (Å²) in [4.78, 5) is 24.0. The molecule has 1 aliphatic heterocycles. The van der Waals surface area contributed by atoms with Crippen LogP contribution in [0.1, 0.15) is 23.7 Å². The molecule has 0 bridgehead atoms. The number of fused-ring (bicyclic) bond motifs is 1. The standard InChI is InChI=1S/C21H23NO6/c1-2-11-25-16-9-7-15(8-10-16)21(24)27-14-20(23)22-12-17-13-26-18-5-3-4-6-19(18)28-17/h3-10,17H,2,11-14H2,1H3,(H,22,23). The fourth-order valence-corrected chi connectivity index (χ4v) is 2.56. The third kappa shape index (κ3) is 5.39. The summed E-state index contributed by atoms with van der Waals surface area (Å²) in [5, 5.41) is 2.68. The van der Waals surface area contributed by atoms with E-state index in [0.717, 1.165) is 6.42 Å². The Labute approximate surface area is 163 Å². The number of rotatable bonds is 8. The number of hydrogen-bond acceptors (Lipinski definition) is 6. The quantitative estimate of drug-likeness (QED) is 0.704. The van der Waals surface area contributed by atoms with Crippen LogP contribution in [0.15, 0.2) is 48.5 Å². The van der Waals surface area contributed by atoms with Gasteiger partial charge in [0.25, 0.3) is 5.91 Å². The van der Waals surface area contributed by atoms with E-state index in [4.69, 9.17) is 18.9 Å². The average Bonchev–Trinajstić information content (AvgIpc) is 2.74. The lowest BCUT2D eigenvalue weighted by Crippen LogP contribution is -2.42. The van der Waals surface area contributed by atoms with Gasteiger partial charge in [0.2, 0.25) is 0 Å². The van der Waals surface area contributed by atoms with Gasteiger partial charge in [-0.3, -0.25) is 4.79 Å². The zero-order valence-electron chi connectivity index (χ0n) is 15.7. The Morgan fingerprint density at radius 3 is 2.61 bits per heavy atom. The number of carbonyl (C=O) groups is 2. The van der Waals surface area contributed by atoms with Crippen molar-refractivity contribution in [2.24, 2.45) is 0 Å². The van der Waals surface area contributed by atoms with Crippen molar-refractivity contribution in [1.82, 2.24) is 5.32 Å². The Morgan fingerprint density at radius 2 is 1.86 bits per heavy atom. The first kappa shape index (κ1) is 19.5. The van der Waals surface area contributed by atoms with Crippen LogP contribution in [0, 0.1) is 0 Å². The number of carbonyl (C=O) groups excluding carboxylic acids is 2. The predicted octanol–water partition coefficient (Wildman–Crippen LogP) is 2.59. The largest absolute Gasteiger partial charge is 0.494 e. The van der Waals surface area contributed by atoms with Gasteiger partial charge in [0, 0.05) is 0 Å². The average molecular weight is 385 g/mol. The molecular weight excluding hydrogens is 362 g/mol. The molecule has 2 aromatic rings. The molecule has 0 aliphatic carbocycles. The van der Waals surface area contributed by atoms with E-state index in [2.05, 4.69) is 5.32 Å². The second kappa shape index (κ2) is 9.64. The fraction of sp³-hybridized carbons (Fsp3) is 0.333. The minimum Gasteiger partial charge on any atom is -0.494 e. The van der Waals surface area contributed by atoms with Crippen LogP contribution >= 0.6 is 0 Å². The van der Waals surface area contributed by atoms with Gasteiger partial charge in [-0.05, 0) is 42.8 Å². The van der Waals surface area contributed by atoms with Gasteiger partial charge < -0.3 is 24.3 Å². The van der Waals surface area contributed by atoms with Crippen molar-refractivity contribution in [3.8, 4) is 17.2 Å². The highest BCUT2D eigenvalue weighted by Gasteiger charge is 2.21. The van der Waals surface area contributed by atoms with E-state index in [-0.39, 0.29) is 19.3 Å². The molecule has 1 heterocycles. The summed E-state index contributed by atoms with van der Waals surface area (Å²) in [6, 6.07) is 14.0. The van der Waals surface area contributed by atoms with Crippen molar-refractivity contribution in [1.29, 1.82) is 0 Å². The molecule has 0 spiro atoms. The lowest BCUT2D eigenvalue weighted by molar-refractivity contribution is -0.124. The van der Waals surface area contributed by atoms with Gasteiger partial charge in [-0.15, -0.1) is 0 Å². The Kier molecular flexibility index (Phi) is 6.73.